The van der Waals surface area contributed by atoms with Crippen molar-refractivity contribution in [3.05, 3.63) is 85.3 Å². The van der Waals surface area contributed by atoms with Crippen LogP contribution in [0.15, 0.2) is 90.2 Å². The van der Waals surface area contributed by atoms with Crippen molar-refractivity contribution < 1.29 is 42.0 Å². The predicted octanol–water partition coefficient (Wildman–Crippen LogP) is 4.01. The van der Waals surface area contributed by atoms with Gasteiger partial charge in [0.25, 0.3) is 15.9 Å². The molecule has 4 aromatic heterocycles. The Morgan fingerprint density at radius 1 is 1.02 bits per heavy atom. The van der Waals surface area contributed by atoms with E-state index in [9.17, 15) is 18.3 Å². The van der Waals surface area contributed by atoms with Crippen LogP contribution in [-0.2, 0) is 10.0 Å². The maximum atomic E-state index is 13.7. The second kappa shape index (κ2) is 14.4. The molecule has 264 valence electrons. The summed E-state index contributed by atoms with van der Waals surface area (Å²) in [5.41, 5.74) is 0.996. The highest BCUT2D eigenvalue weighted by Gasteiger charge is 2.27. The van der Waals surface area contributed by atoms with Gasteiger partial charge in [0.05, 0.1) is 19.3 Å². The summed E-state index contributed by atoms with van der Waals surface area (Å²) in [6, 6.07) is 17.3. The second-order valence-corrected chi connectivity index (χ2v) is 12.3. The zero-order valence-corrected chi connectivity index (χ0v) is 27.7. The summed E-state index contributed by atoms with van der Waals surface area (Å²) in [6.07, 6.45) is 2.79. The zero-order chi connectivity index (χ0) is 36.1. The predicted molar refractivity (Wildman–Crippen MR) is 180 cm³/mol. The minimum Gasteiger partial charge on any atom is -0.493 e. The van der Waals surface area contributed by atoms with Crippen LogP contribution < -0.4 is 33.3 Å². The van der Waals surface area contributed by atoms with E-state index < -0.39 is 16.1 Å². The molecule has 52 heavy (non-hydrogen) atoms. The molecule has 0 atom stereocenters. The van der Waals surface area contributed by atoms with Gasteiger partial charge in [-0.1, -0.05) is 12.1 Å². The molecule has 7 rings (SSSR count). The number of hydrogen-bond acceptors (Lipinski definition) is 15. The third-order valence-corrected chi connectivity index (χ3v) is 8.67. The number of benzene rings is 2. The van der Waals surface area contributed by atoms with Gasteiger partial charge in [-0.05, 0) is 59.0 Å². The molecule has 2 aromatic carbocycles. The number of tetrazole rings is 1. The molecular weight excluding hydrogens is 700 g/mol. The lowest BCUT2D eigenvalue weighted by atomic mass is 10.2. The highest BCUT2D eigenvalue weighted by atomic mass is 32.2. The number of hydrogen-bond donors (Lipinski definition) is 3. The third kappa shape index (κ3) is 7.12. The fourth-order valence-corrected chi connectivity index (χ4v) is 5.88. The van der Waals surface area contributed by atoms with Crippen LogP contribution in [0.1, 0.15) is 0 Å². The van der Waals surface area contributed by atoms with E-state index in [1.807, 2.05) is 0 Å². The van der Waals surface area contributed by atoms with Crippen molar-refractivity contribution in [1.29, 1.82) is 0 Å². The van der Waals surface area contributed by atoms with Gasteiger partial charge in [0.1, 0.15) is 17.2 Å². The van der Waals surface area contributed by atoms with Crippen molar-refractivity contribution in [2.24, 2.45) is 0 Å². The Hall–Kier alpha value is -7.09. The first-order valence-electron chi connectivity index (χ1n) is 15.2. The Morgan fingerprint density at radius 3 is 2.63 bits per heavy atom. The molecule has 0 radical (unpaired) electrons. The first-order valence-corrected chi connectivity index (χ1v) is 16.7. The number of amides is 1. The van der Waals surface area contributed by atoms with Crippen LogP contribution in [0.5, 0.6) is 34.6 Å². The lowest BCUT2D eigenvalue weighted by molar-refractivity contribution is 0.174. The van der Waals surface area contributed by atoms with Gasteiger partial charge in [-0.2, -0.15) is 4.98 Å². The molecule has 0 saturated carbocycles. The number of carbonyl (C=O) groups is 1. The Balaban J connectivity index is 1.32. The Kier molecular flexibility index (Phi) is 9.26. The fourth-order valence-electron chi connectivity index (χ4n) is 4.91. The number of sulfonamides is 1. The van der Waals surface area contributed by atoms with Crippen LogP contribution in [0.4, 0.5) is 16.3 Å². The minimum atomic E-state index is -4.31. The molecule has 1 aliphatic rings. The summed E-state index contributed by atoms with van der Waals surface area (Å²) in [6.45, 7) is -0.461. The van der Waals surface area contributed by atoms with Crippen molar-refractivity contribution >= 4 is 27.6 Å². The minimum absolute atomic E-state index is 0.0150. The van der Waals surface area contributed by atoms with E-state index in [2.05, 4.69) is 45.3 Å². The first-order chi connectivity index (χ1) is 25.3. The molecule has 5 heterocycles. The van der Waals surface area contributed by atoms with Crippen molar-refractivity contribution in [1.82, 2.24) is 40.6 Å². The lowest BCUT2D eigenvalue weighted by Gasteiger charge is -2.21. The molecule has 1 amide bonds. The van der Waals surface area contributed by atoms with E-state index in [1.54, 1.807) is 48.5 Å². The summed E-state index contributed by atoms with van der Waals surface area (Å²) in [7, 11) is -2.87. The SMILES string of the molecule is COc1ccccc1Oc1c(NS(=O)(=O)c2cccnc2)nc(-c2ccnc(-c3nnn[nH]3)c2)nc1OCCN(C(=O)O)c1ccc2c(c1)OCO2. The van der Waals surface area contributed by atoms with Crippen LogP contribution in [0.25, 0.3) is 22.9 Å². The fraction of sp³-hybridized carbons (Fsp3) is 0.125. The van der Waals surface area contributed by atoms with Crippen LogP contribution in [-0.4, -0.2) is 87.2 Å². The number of H-pyrrole nitrogens is 1. The van der Waals surface area contributed by atoms with Crippen LogP contribution in [0.2, 0.25) is 0 Å². The van der Waals surface area contributed by atoms with Crippen LogP contribution in [0.3, 0.4) is 0 Å². The van der Waals surface area contributed by atoms with E-state index >= 15 is 0 Å². The number of methoxy groups -OCH3 is 1. The van der Waals surface area contributed by atoms with Gasteiger partial charge in [0, 0.05) is 30.2 Å². The first kappa shape index (κ1) is 33.4. The molecular formula is C32H26N10O9S. The number of ether oxygens (including phenoxy) is 5. The summed E-state index contributed by atoms with van der Waals surface area (Å²) in [5.74, 6) is 0.772. The molecule has 3 N–H and O–H groups in total. The molecule has 1 aliphatic heterocycles. The van der Waals surface area contributed by atoms with Gasteiger partial charge in [-0.3, -0.25) is 19.6 Å². The van der Waals surface area contributed by atoms with E-state index in [-0.39, 0.29) is 59.7 Å². The summed E-state index contributed by atoms with van der Waals surface area (Å²) >= 11 is 0. The Labute approximate surface area is 294 Å². The monoisotopic (exact) mass is 726 g/mol. The van der Waals surface area contributed by atoms with Crippen LogP contribution >= 0.6 is 0 Å². The molecule has 0 saturated heterocycles. The van der Waals surface area contributed by atoms with Gasteiger partial charge in [-0.15, -0.1) is 5.10 Å². The maximum absolute atomic E-state index is 13.7. The topological polar surface area (TPSA) is 239 Å². The van der Waals surface area contributed by atoms with Gasteiger partial charge < -0.3 is 28.8 Å². The van der Waals surface area contributed by atoms with Crippen molar-refractivity contribution in [3.63, 3.8) is 0 Å². The largest absolute Gasteiger partial charge is 0.493 e. The van der Waals surface area contributed by atoms with Crippen molar-refractivity contribution in [3.8, 4) is 57.5 Å². The maximum Gasteiger partial charge on any atom is 0.411 e. The van der Waals surface area contributed by atoms with Gasteiger partial charge in [0.2, 0.25) is 12.5 Å². The number of carboxylic acid groups (broad SMARTS) is 1. The molecule has 0 bridgehead atoms. The number of nitrogens with zero attached hydrogens (tertiary/aromatic N) is 8. The summed E-state index contributed by atoms with van der Waals surface area (Å²) < 4.78 is 58.4. The molecule has 0 aliphatic carbocycles. The van der Waals surface area contributed by atoms with E-state index in [0.717, 1.165) is 4.90 Å². The molecule has 0 spiro atoms. The third-order valence-electron chi connectivity index (χ3n) is 7.35. The second-order valence-electron chi connectivity index (χ2n) is 10.6. The lowest BCUT2D eigenvalue weighted by Crippen LogP contribution is -2.33. The number of aromatic nitrogens is 8. The average molecular weight is 727 g/mol. The summed E-state index contributed by atoms with van der Waals surface area (Å²) in [5, 5.41) is 23.8. The molecule has 20 heteroatoms. The quantitative estimate of drug-likeness (QED) is 0.152. The number of para-hydroxylation sites is 2. The Morgan fingerprint density at radius 2 is 1.87 bits per heavy atom. The summed E-state index contributed by atoms with van der Waals surface area (Å²) in [4.78, 5) is 30.6. The molecule has 0 unspecified atom stereocenters. The smallest absolute Gasteiger partial charge is 0.411 e. The van der Waals surface area contributed by atoms with Crippen molar-refractivity contribution in [2.45, 2.75) is 4.90 Å². The number of rotatable bonds is 13. The normalized spacial score (nSPS) is 11.9. The number of nitrogens with one attached hydrogen (secondary N) is 2. The van der Waals surface area contributed by atoms with Crippen LogP contribution in [0, 0.1) is 0 Å². The zero-order valence-electron chi connectivity index (χ0n) is 26.9. The highest BCUT2D eigenvalue weighted by Crippen LogP contribution is 2.42. The molecule has 19 nitrogen and oxygen atoms in total. The number of pyridine rings is 2. The number of fused-ring (bicyclic) bond motifs is 1. The van der Waals surface area contributed by atoms with E-state index in [4.69, 9.17) is 23.7 Å². The van der Waals surface area contributed by atoms with Gasteiger partial charge in [0.15, 0.2) is 40.5 Å². The van der Waals surface area contributed by atoms with Gasteiger partial charge >= 0.3 is 6.09 Å². The molecule has 6 aromatic rings. The highest BCUT2D eigenvalue weighted by molar-refractivity contribution is 7.92. The van der Waals surface area contributed by atoms with E-state index in [0.29, 0.717) is 34.2 Å². The Bertz CT molecular complexity index is 2330. The van der Waals surface area contributed by atoms with Crippen molar-refractivity contribution in [2.75, 3.05) is 36.7 Å². The van der Waals surface area contributed by atoms with Gasteiger partial charge in [-0.25, -0.2) is 23.3 Å². The average Bonchev–Trinajstić information content (AvgIpc) is 3.88. The standard InChI is InChI=1S/C32H26N10O9S/c1-47-23-6-2-3-7-25(23)51-27-30(39-52(45,46)21-5-4-11-33-17-21)35-28(19-10-12-34-22(15-19)29-37-40-41-38-29)36-31(27)48-14-13-42(32(43)44)20-8-9-24-26(16-20)50-18-49-24/h2-12,15-17H,13-14,18H2,1H3,(H,43,44)(H,35,36,39)(H,37,38,40,41). The van der Waals surface area contributed by atoms with E-state index in [1.165, 1.54) is 43.9 Å². The number of aromatic amines is 1. The number of anilines is 2. The molecule has 0 fully saturated rings.